The van der Waals surface area contributed by atoms with E-state index in [1.165, 1.54) is 0 Å². The Kier molecular flexibility index (Phi) is 2.97. The van der Waals surface area contributed by atoms with Gasteiger partial charge in [-0.3, -0.25) is 4.79 Å². The summed E-state index contributed by atoms with van der Waals surface area (Å²) in [5.74, 6) is -1.23. The van der Waals surface area contributed by atoms with Gasteiger partial charge in [0.1, 0.15) is 0 Å². The molecular formula is C13H16O4S. The van der Waals surface area contributed by atoms with Crippen LogP contribution < -0.4 is 0 Å². The van der Waals surface area contributed by atoms with E-state index in [9.17, 15) is 18.3 Å². The fourth-order valence-electron chi connectivity index (χ4n) is 2.30. The largest absolute Gasteiger partial charge is 0.480 e. The van der Waals surface area contributed by atoms with Gasteiger partial charge in [-0.2, -0.15) is 0 Å². The molecule has 0 amide bonds. The van der Waals surface area contributed by atoms with E-state index < -0.39 is 20.6 Å². The molecule has 0 aromatic heterocycles. The standard InChI is InChI=1S/C13H16O4S/c1-9-4-5-10(2)11(8-9)18(16,17)13(12(14)15)6-3-7-13/h4-5,8H,3,6-7H2,1-2H3,(H,14,15). The number of carboxylic acids is 1. The van der Waals surface area contributed by atoms with Crippen molar-refractivity contribution in [1.29, 1.82) is 0 Å². The first-order valence-electron chi connectivity index (χ1n) is 5.86. The Labute approximate surface area is 107 Å². The number of hydrogen-bond donors (Lipinski definition) is 1. The number of rotatable bonds is 3. The summed E-state index contributed by atoms with van der Waals surface area (Å²) in [7, 11) is -3.82. The second-order valence-electron chi connectivity index (χ2n) is 4.93. The third kappa shape index (κ3) is 1.65. The Bertz CT molecular complexity index is 597. The SMILES string of the molecule is Cc1ccc(C)c(S(=O)(=O)C2(C(=O)O)CCC2)c1. The molecule has 1 aliphatic rings. The minimum Gasteiger partial charge on any atom is -0.480 e. The van der Waals surface area contributed by atoms with Crippen LogP contribution in [0.25, 0.3) is 0 Å². The maximum Gasteiger partial charge on any atom is 0.325 e. The van der Waals surface area contributed by atoms with Crippen LogP contribution in [0.15, 0.2) is 23.1 Å². The Morgan fingerprint density at radius 3 is 2.33 bits per heavy atom. The highest BCUT2D eigenvalue weighted by Crippen LogP contribution is 2.43. The van der Waals surface area contributed by atoms with Crippen molar-refractivity contribution in [3.8, 4) is 0 Å². The number of carboxylic acid groups (broad SMARTS) is 1. The Hall–Kier alpha value is -1.36. The quantitative estimate of drug-likeness (QED) is 0.911. The fraction of sp³-hybridized carbons (Fsp3) is 0.462. The molecule has 1 aliphatic carbocycles. The molecule has 1 aromatic carbocycles. The smallest absolute Gasteiger partial charge is 0.325 e. The number of benzene rings is 1. The van der Waals surface area contributed by atoms with Crippen LogP contribution in [0.3, 0.4) is 0 Å². The summed E-state index contributed by atoms with van der Waals surface area (Å²) < 4.78 is 23.5. The molecule has 5 heteroatoms. The lowest BCUT2D eigenvalue weighted by molar-refractivity contribution is -0.142. The third-order valence-electron chi connectivity index (χ3n) is 3.70. The first kappa shape index (κ1) is 13.1. The van der Waals surface area contributed by atoms with Crippen molar-refractivity contribution in [2.75, 3.05) is 0 Å². The van der Waals surface area contributed by atoms with Gasteiger partial charge in [0.2, 0.25) is 0 Å². The van der Waals surface area contributed by atoms with Crippen LogP contribution in [0.2, 0.25) is 0 Å². The van der Waals surface area contributed by atoms with E-state index in [0.717, 1.165) is 5.56 Å². The highest BCUT2D eigenvalue weighted by Gasteiger charge is 2.56. The van der Waals surface area contributed by atoms with Gasteiger partial charge in [0.25, 0.3) is 0 Å². The lowest BCUT2D eigenvalue weighted by atomic mass is 9.84. The lowest BCUT2D eigenvalue weighted by Crippen LogP contribution is -2.52. The summed E-state index contributed by atoms with van der Waals surface area (Å²) in [6, 6.07) is 5.10. The van der Waals surface area contributed by atoms with Gasteiger partial charge in [-0.25, -0.2) is 8.42 Å². The average Bonchev–Trinajstić information content (AvgIpc) is 2.18. The van der Waals surface area contributed by atoms with Crippen LogP contribution in [0.5, 0.6) is 0 Å². The monoisotopic (exact) mass is 268 g/mol. The second kappa shape index (κ2) is 4.09. The summed E-state index contributed by atoms with van der Waals surface area (Å²) in [5.41, 5.74) is 1.42. The molecule has 0 aliphatic heterocycles. The van der Waals surface area contributed by atoms with Gasteiger partial charge in [-0.05, 0) is 50.3 Å². The Balaban J connectivity index is 2.62. The van der Waals surface area contributed by atoms with Gasteiger partial charge >= 0.3 is 5.97 Å². The zero-order valence-corrected chi connectivity index (χ0v) is 11.3. The molecule has 0 atom stereocenters. The lowest BCUT2D eigenvalue weighted by Gasteiger charge is -2.37. The summed E-state index contributed by atoms with van der Waals surface area (Å²) >= 11 is 0. The zero-order valence-electron chi connectivity index (χ0n) is 10.4. The van der Waals surface area contributed by atoms with E-state index in [4.69, 9.17) is 0 Å². The van der Waals surface area contributed by atoms with Crippen molar-refractivity contribution in [1.82, 2.24) is 0 Å². The molecule has 0 saturated heterocycles. The van der Waals surface area contributed by atoms with Gasteiger partial charge in [0.05, 0.1) is 4.90 Å². The predicted molar refractivity (Wildman–Crippen MR) is 67.3 cm³/mol. The summed E-state index contributed by atoms with van der Waals surface area (Å²) in [6.07, 6.45) is 1.06. The van der Waals surface area contributed by atoms with Crippen molar-refractivity contribution in [3.63, 3.8) is 0 Å². The molecule has 0 radical (unpaired) electrons. The number of sulfone groups is 1. The van der Waals surface area contributed by atoms with E-state index in [1.54, 1.807) is 26.0 Å². The first-order valence-corrected chi connectivity index (χ1v) is 7.35. The van der Waals surface area contributed by atoms with Crippen LogP contribution >= 0.6 is 0 Å². The second-order valence-corrected chi connectivity index (χ2v) is 7.15. The van der Waals surface area contributed by atoms with Crippen molar-refractivity contribution in [3.05, 3.63) is 29.3 Å². The van der Waals surface area contributed by atoms with Crippen molar-refractivity contribution < 1.29 is 18.3 Å². The van der Waals surface area contributed by atoms with Crippen LogP contribution in [-0.4, -0.2) is 24.2 Å². The van der Waals surface area contributed by atoms with Crippen LogP contribution in [0, 0.1) is 13.8 Å². The van der Waals surface area contributed by atoms with Gasteiger partial charge in [-0.1, -0.05) is 12.1 Å². The summed E-state index contributed by atoms with van der Waals surface area (Å²) in [6.45, 7) is 3.49. The van der Waals surface area contributed by atoms with Crippen LogP contribution in [-0.2, 0) is 14.6 Å². The molecular weight excluding hydrogens is 252 g/mol. The highest BCUT2D eigenvalue weighted by atomic mass is 32.2. The summed E-state index contributed by atoms with van der Waals surface area (Å²) in [5, 5.41) is 9.26. The normalized spacial score (nSPS) is 18.1. The molecule has 0 spiro atoms. The zero-order chi connectivity index (χ0) is 13.6. The van der Waals surface area contributed by atoms with E-state index in [0.29, 0.717) is 12.0 Å². The number of aryl methyl sites for hydroxylation is 2. The topological polar surface area (TPSA) is 71.4 Å². The minimum absolute atomic E-state index is 0.157. The summed E-state index contributed by atoms with van der Waals surface area (Å²) in [4.78, 5) is 11.5. The molecule has 0 heterocycles. The average molecular weight is 268 g/mol. The van der Waals surface area contributed by atoms with E-state index >= 15 is 0 Å². The first-order chi connectivity index (χ1) is 8.31. The number of hydrogen-bond acceptors (Lipinski definition) is 3. The van der Waals surface area contributed by atoms with Crippen molar-refractivity contribution in [2.45, 2.75) is 42.8 Å². The molecule has 4 nitrogen and oxygen atoms in total. The molecule has 2 rings (SSSR count). The third-order valence-corrected chi connectivity index (χ3v) is 6.33. The van der Waals surface area contributed by atoms with Gasteiger partial charge in [0.15, 0.2) is 14.6 Å². The molecule has 18 heavy (non-hydrogen) atoms. The number of carbonyl (C=O) groups is 1. The van der Waals surface area contributed by atoms with Crippen molar-refractivity contribution in [2.24, 2.45) is 0 Å². The maximum atomic E-state index is 12.6. The van der Waals surface area contributed by atoms with Crippen molar-refractivity contribution >= 4 is 15.8 Å². The van der Waals surface area contributed by atoms with Crippen LogP contribution in [0.1, 0.15) is 30.4 Å². The van der Waals surface area contributed by atoms with E-state index in [1.807, 2.05) is 6.07 Å². The maximum absolute atomic E-state index is 12.6. The molecule has 1 fully saturated rings. The molecule has 0 bridgehead atoms. The highest BCUT2D eigenvalue weighted by molar-refractivity contribution is 7.93. The van der Waals surface area contributed by atoms with E-state index in [-0.39, 0.29) is 17.7 Å². The number of aliphatic carboxylic acids is 1. The minimum atomic E-state index is -3.82. The molecule has 1 N–H and O–H groups in total. The molecule has 98 valence electrons. The Morgan fingerprint density at radius 1 is 1.28 bits per heavy atom. The molecule has 1 saturated carbocycles. The Morgan fingerprint density at radius 2 is 1.89 bits per heavy atom. The van der Waals surface area contributed by atoms with Gasteiger partial charge < -0.3 is 5.11 Å². The van der Waals surface area contributed by atoms with Crippen LogP contribution in [0.4, 0.5) is 0 Å². The van der Waals surface area contributed by atoms with Gasteiger partial charge in [-0.15, -0.1) is 0 Å². The van der Waals surface area contributed by atoms with Gasteiger partial charge in [0, 0.05) is 0 Å². The van der Waals surface area contributed by atoms with E-state index in [2.05, 4.69) is 0 Å². The molecule has 0 unspecified atom stereocenters. The fourth-order valence-corrected chi connectivity index (χ4v) is 4.61. The predicted octanol–water partition coefficient (Wildman–Crippen LogP) is 2.08. The molecule has 1 aromatic rings.